The number of hydrogen-bond donors (Lipinski definition) is 1. The molecule has 1 saturated heterocycles. The summed E-state index contributed by atoms with van der Waals surface area (Å²) in [4.78, 5) is 0. The van der Waals surface area contributed by atoms with Crippen LogP contribution >= 0.6 is 0 Å². The van der Waals surface area contributed by atoms with Crippen LogP contribution in [0.4, 0.5) is 0 Å². The van der Waals surface area contributed by atoms with Gasteiger partial charge in [-0.25, -0.2) is 0 Å². The molecule has 0 aromatic carbocycles. The van der Waals surface area contributed by atoms with Gasteiger partial charge in [0.05, 0.1) is 6.10 Å². The highest BCUT2D eigenvalue weighted by atomic mass is 16.5. The summed E-state index contributed by atoms with van der Waals surface area (Å²) in [6, 6.07) is 0. The molecule has 17 heavy (non-hydrogen) atoms. The molecule has 0 radical (unpaired) electrons. The zero-order valence-corrected chi connectivity index (χ0v) is 11.3. The van der Waals surface area contributed by atoms with Gasteiger partial charge >= 0.3 is 0 Å². The molecule has 1 aliphatic carbocycles. The fraction of sp³-hybridized carbons (Fsp3) is 1.00. The molecule has 1 heterocycles. The molecule has 1 atom stereocenters. The Bertz CT molecular complexity index is 203. The largest absolute Gasteiger partial charge is 0.378 e. The van der Waals surface area contributed by atoms with E-state index in [0.29, 0.717) is 11.5 Å². The van der Waals surface area contributed by atoms with E-state index in [1.54, 1.807) is 0 Å². The average molecular weight is 239 g/mol. The first kappa shape index (κ1) is 13.4. The molecule has 0 aromatic rings. The van der Waals surface area contributed by atoms with Gasteiger partial charge in [-0.1, -0.05) is 32.1 Å². The lowest BCUT2D eigenvalue weighted by molar-refractivity contribution is -0.0195. The van der Waals surface area contributed by atoms with Crippen molar-refractivity contribution in [3.8, 4) is 0 Å². The monoisotopic (exact) mass is 239 g/mol. The maximum Gasteiger partial charge on any atom is 0.0580 e. The quantitative estimate of drug-likeness (QED) is 0.816. The van der Waals surface area contributed by atoms with Gasteiger partial charge in [0.2, 0.25) is 0 Å². The van der Waals surface area contributed by atoms with Crippen molar-refractivity contribution >= 4 is 0 Å². The molecule has 2 nitrogen and oxygen atoms in total. The molecule has 1 aliphatic heterocycles. The van der Waals surface area contributed by atoms with Crippen molar-refractivity contribution in [2.24, 2.45) is 11.1 Å². The molecule has 0 bridgehead atoms. The summed E-state index contributed by atoms with van der Waals surface area (Å²) in [6.45, 7) is 1.85. The van der Waals surface area contributed by atoms with E-state index >= 15 is 0 Å². The van der Waals surface area contributed by atoms with Crippen molar-refractivity contribution in [1.82, 2.24) is 0 Å². The van der Waals surface area contributed by atoms with E-state index in [-0.39, 0.29) is 0 Å². The molecule has 1 unspecified atom stereocenters. The topological polar surface area (TPSA) is 35.2 Å². The normalized spacial score (nSPS) is 30.5. The van der Waals surface area contributed by atoms with Gasteiger partial charge in [0.15, 0.2) is 0 Å². The Hall–Kier alpha value is -0.0800. The molecule has 2 N–H and O–H groups in total. The van der Waals surface area contributed by atoms with Crippen LogP contribution in [-0.4, -0.2) is 19.3 Å². The molecule has 0 aromatic heterocycles. The standard InChI is InChI=1S/C15H29NO/c16-13-15(9-5-2-1-3-6-10-15)12-14-8-4-7-11-17-14/h14H,1-13,16H2. The summed E-state index contributed by atoms with van der Waals surface area (Å²) in [7, 11) is 0. The molecule has 2 rings (SSSR count). The Morgan fingerprint density at radius 1 is 0.941 bits per heavy atom. The van der Waals surface area contributed by atoms with Crippen LogP contribution in [0.15, 0.2) is 0 Å². The van der Waals surface area contributed by atoms with Crippen LogP contribution in [0.2, 0.25) is 0 Å². The van der Waals surface area contributed by atoms with Gasteiger partial charge in [-0.05, 0) is 50.5 Å². The molecule has 100 valence electrons. The van der Waals surface area contributed by atoms with Crippen molar-refractivity contribution in [3.05, 3.63) is 0 Å². The Labute approximate surface area is 106 Å². The van der Waals surface area contributed by atoms with Crippen molar-refractivity contribution in [2.45, 2.75) is 76.7 Å². The minimum atomic E-state index is 0.405. The molecule has 2 heteroatoms. The molecule has 0 spiro atoms. The van der Waals surface area contributed by atoms with Crippen LogP contribution in [0.1, 0.15) is 70.6 Å². The lowest BCUT2D eigenvalue weighted by atomic mass is 9.72. The van der Waals surface area contributed by atoms with Crippen LogP contribution in [0.3, 0.4) is 0 Å². The van der Waals surface area contributed by atoms with Crippen molar-refractivity contribution in [1.29, 1.82) is 0 Å². The summed E-state index contributed by atoms with van der Waals surface area (Å²) in [5.41, 5.74) is 6.53. The van der Waals surface area contributed by atoms with Crippen LogP contribution in [0, 0.1) is 5.41 Å². The summed E-state index contributed by atoms with van der Waals surface area (Å²) in [5.74, 6) is 0. The SMILES string of the molecule is NCC1(CC2CCCCO2)CCCCCCC1. The van der Waals surface area contributed by atoms with E-state index < -0.39 is 0 Å². The molecule has 2 fully saturated rings. The van der Waals surface area contributed by atoms with Crippen molar-refractivity contribution in [3.63, 3.8) is 0 Å². The summed E-state index contributed by atoms with van der Waals surface area (Å²) >= 11 is 0. The number of ether oxygens (including phenoxy) is 1. The molecule has 2 aliphatic rings. The van der Waals surface area contributed by atoms with Gasteiger partial charge in [-0.3, -0.25) is 0 Å². The van der Waals surface area contributed by atoms with Gasteiger partial charge in [-0.15, -0.1) is 0 Å². The van der Waals surface area contributed by atoms with Gasteiger partial charge in [0, 0.05) is 6.61 Å². The zero-order chi connectivity index (χ0) is 12.0. The number of nitrogens with two attached hydrogens (primary N) is 1. The first-order valence-electron chi connectivity index (χ1n) is 7.66. The summed E-state index contributed by atoms with van der Waals surface area (Å²) < 4.78 is 5.92. The number of hydrogen-bond acceptors (Lipinski definition) is 2. The van der Waals surface area contributed by atoms with Gasteiger partial charge in [0.25, 0.3) is 0 Å². The summed E-state index contributed by atoms with van der Waals surface area (Å²) in [6.07, 6.45) is 15.3. The Morgan fingerprint density at radius 2 is 1.65 bits per heavy atom. The van der Waals surface area contributed by atoms with Gasteiger partial charge < -0.3 is 10.5 Å². The highest BCUT2D eigenvalue weighted by Crippen LogP contribution is 2.39. The molecule has 0 amide bonds. The molecular weight excluding hydrogens is 210 g/mol. The fourth-order valence-corrected chi connectivity index (χ4v) is 3.60. The van der Waals surface area contributed by atoms with Crippen LogP contribution < -0.4 is 5.73 Å². The third-order valence-corrected chi connectivity index (χ3v) is 4.78. The van der Waals surface area contributed by atoms with Crippen molar-refractivity contribution < 1.29 is 4.74 Å². The maximum absolute atomic E-state index is 6.12. The predicted octanol–water partition coefficient (Wildman–Crippen LogP) is 3.64. The first-order valence-corrected chi connectivity index (χ1v) is 7.66. The Balaban J connectivity index is 1.90. The number of rotatable bonds is 3. The Morgan fingerprint density at radius 3 is 2.24 bits per heavy atom. The van der Waals surface area contributed by atoms with Crippen molar-refractivity contribution in [2.75, 3.05) is 13.2 Å². The third kappa shape index (κ3) is 3.96. The maximum atomic E-state index is 6.12. The minimum Gasteiger partial charge on any atom is -0.378 e. The van der Waals surface area contributed by atoms with Crippen LogP contribution in [0.25, 0.3) is 0 Å². The second kappa shape index (κ2) is 6.75. The van der Waals surface area contributed by atoms with Gasteiger partial charge in [-0.2, -0.15) is 0 Å². The molecule has 1 saturated carbocycles. The van der Waals surface area contributed by atoms with E-state index in [1.807, 2.05) is 0 Å². The fourth-order valence-electron chi connectivity index (χ4n) is 3.60. The second-order valence-corrected chi connectivity index (χ2v) is 6.16. The van der Waals surface area contributed by atoms with E-state index in [4.69, 9.17) is 10.5 Å². The predicted molar refractivity (Wildman–Crippen MR) is 72.0 cm³/mol. The second-order valence-electron chi connectivity index (χ2n) is 6.16. The summed E-state index contributed by atoms with van der Waals surface area (Å²) in [5, 5.41) is 0. The lowest BCUT2D eigenvalue weighted by Crippen LogP contribution is -2.36. The minimum absolute atomic E-state index is 0.405. The van der Waals surface area contributed by atoms with Gasteiger partial charge in [0.1, 0.15) is 0 Å². The average Bonchev–Trinajstić information content (AvgIpc) is 2.34. The smallest absolute Gasteiger partial charge is 0.0580 e. The van der Waals surface area contributed by atoms with E-state index in [1.165, 1.54) is 70.6 Å². The highest BCUT2D eigenvalue weighted by Gasteiger charge is 2.32. The highest BCUT2D eigenvalue weighted by molar-refractivity contribution is 4.85. The lowest BCUT2D eigenvalue weighted by Gasteiger charge is -2.38. The Kier molecular flexibility index (Phi) is 5.30. The van der Waals surface area contributed by atoms with E-state index in [0.717, 1.165) is 13.2 Å². The van der Waals surface area contributed by atoms with Crippen LogP contribution in [0.5, 0.6) is 0 Å². The third-order valence-electron chi connectivity index (χ3n) is 4.78. The van der Waals surface area contributed by atoms with E-state index in [9.17, 15) is 0 Å². The van der Waals surface area contributed by atoms with E-state index in [2.05, 4.69) is 0 Å². The molecular formula is C15H29NO. The zero-order valence-electron chi connectivity index (χ0n) is 11.3. The van der Waals surface area contributed by atoms with Crippen LogP contribution in [-0.2, 0) is 4.74 Å². The first-order chi connectivity index (χ1) is 8.35.